The molecule has 0 spiro atoms. The van der Waals surface area contributed by atoms with E-state index in [1.54, 1.807) is 0 Å². The summed E-state index contributed by atoms with van der Waals surface area (Å²) in [6.07, 6.45) is 17.1. The smallest absolute Gasteiger partial charge is 0.311 e. The molecule has 0 saturated heterocycles. The lowest BCUT2D eigenvalue weighted by Gasteiger charge is -2.06. The Morgan fingerprint density at radius 1 is 0.793 bits per heavy atom. The normalized spacial score (nSPS) is 10.8. The van der Waals surface area contributed by atoms with E-state index in [4.69, 9.17) is 4.74 Å². The number of unbranched alkanes of at least 4 members (excludes halogenated alkanes) is 8. The van der Waals surface area contributed by atoms with Crippen LogP contribution in [-0.2, 0) is 11.2 Å². The van der Waals surface area contributed by atoms with Crippen LogP contribution in [0.15, 0.2) is 36.7 Å². The monoisotopic (exact) mass is 396 g/mol. The van der Waals surface area contributed by atoms with Crippen molar-refractivity contribution >= 4 is 5.97 Å². The summed E-state index contributed by atoms with van der Waals surface area (Å²) in [5.74, 6) is 0.432. The molecule has 0 atom stereocenters. The number of aromatic nitrogens is 2. The number of aryl methyl sites for hydroxylation is 1. The highest BCUT2D eigenvalue weighted by molar-refractivity contribution is 5.72. The molecule has 2 rings (SSSR count). The number of ether oxygens (including phenoxy) is 1. The molecule has 0 unspecified atom stereocenters. The summed E-state index contributed by atoms with van der Waals surface area (Å²) < 4.78 is 5.43. The van der Waals surface area contributed by atoms with Crippen LogP contribution < -0.4 is 4.74 Å². The molecule has 1 heterocycles. The van der Waals surface area contributed by atoms with Crippen molar-refractivity contribution in [3.8, 4) is 17.0 Å². The second-order valence-electron chi connectivity index (χ2n) is 7.72. The van der Waals surface area contributed by atoms with Gasteiger partial charge in [0.1, 0.15) is 5.75 Å². The summed E-state index contributed by atoms with van der Waals surface area (Å²) in [6.45, 7) is 4.42. The molecule has 0 aliphatic carbocycles. The van der Waals surface area contributed by atoms with Crippen molar-refractivity contribution in [2.75, 3.05) is 0 Å². The molecule has 2 aromatic rings. The molecule has 4 heteroatoms. The first kappa shape index (κ1) is 23.1. The Hall–Kier alpha value is -2.23. The van der Waals surface area contributed by atoms with Gasteiger partial charge in [0.15, 0.2) is 0 Å². The van der Waals surface area contributed by atoms with Crippen LogP contribution in [0.2, 0.25) is 0 Å². The van der Waals surface area contributed by atoms with Crippen molar-refractivity contribution in [1.82, 2.24) is 9.97 Å². The fraction of sp³-hybridized carbons (Fsp3) is 0.560. The third-order valence-corrected chi connectivity index (χ3v) is 5.11. The maximum Gasteiger partial charge on any atom is 0.311 e. The maximum atomic E-state index is 11.9. The zero-order valence-corrected chi connectivity index (χ0v) is 18.2. The molecule has 0 N–H and O–H groups in total. The average Bonchev–Trinajstić information content (AvgIpc) is 2.74. The molecular weight excluding hydrogens is 360 g/mol. The van der Waals surface area contributed by atoms with Gasteiger partial charge < -0.3 is 4.74 Å². The molecule has 1 aromatic carbocycles. The minimum Gasteiger partial charge on any atom is -0.427 e. The highest BCUT2D eigenvalue weighted by Crippen LogP contribution is 2.21. The molecule has 0 saturated carbocycles. The van der Waals surface area contributed by atoms with E-state index >= 15 is 0 Å². The van der Waals surface area contributed by atoms with Gasteiger partial charge in [0.2, 0.25) is 0 Å². The Balaban J connectivity index is 1.76. The van der Waals surface area contributed by atoms with E-state index in [1.165, 1.54) is 51.4 Å². The topological polar surface area (TPSA) is 52.1 Å². The largest absolute Gasteiger partial charge is 0.427 e. The minimum absolute atomic E-state index is 0.155. The number of carbonyl (C=O) groups excluding carboxylic acids is 1. The van der Waals surface area contributed by atoms with E-state index in [0.717, 1.165) is 36.2 Å². The van der Waals surface area contributed by atoms with E-state index < -0.39 is 0 Å². The highest BCUT2D eigenvalue weighted by Gasteiger charge is 2.06. The molecule has 0 fully saturated rings. The molecule has 0 bridgehead atoms. The molecule has 0 amide bonds. The van der Waals surface area contributed by atoms with E-state index in [2.05, 4.69) is 23.8 Å². The van der Waals surface area contributed by atoms with Gasteiger partial charge in [0, 0.05) is 18.2 Å². The molecule has 0 aliphatic rings. The summed E-state index contributed by atoms with van der Waals surface area (Å²) in [5.41, 5.74) is 2.87. The van der Waals surface area contributed by atoms with Crippen LogP contribution in [0.1, 0.15) is 90.2 Å². The third-order valence-electron chi connectivity index (χ3n) is 5.11. The number of esters is 1. The Kier molecular flexibility index (Phi) is 11.0. The van der Waals surface area contributed by atoms with Gasteiger partial charge >= 0.3 is 5.97 Å². The van der Waals surface area contributed by atoms with Crippen molar-refractivity contribution in [2.45, 2.75) is 90.9 Å². The molecule has 1 aromatic heterocycles. The first-order valence-electron chi connectivity index (χ1n) is 11.3. The van der Waals surface area contributed by atoms with Crippen molar-refractivity contribution in [3.05, 3.63) is 42.4 Å². The summed E-state index contributed by atoms with van der Waals surface area (Å²) >= 11 is 0. The van der Waals surface area contributed by atoms with E-state index in [-0.39, 0.29) is 5.97 Å². The lowest BCUT2D eigenvalue weighted by atomic mass is 10.1. The van der Waals surface area contributed by atoms with E-state index in [1.807, 2.05) is 36.7 Å². The number of carbonyl (C=O) groups is 1. The third kappa shape index (κ3) is 9.21. The van der Waals surface area contributed by atoms with E-state index in [9.17, 15) is 4.79 Å². The average molecular weight is 397 g/mol. The summed E-state index contributed by atoms with van der Waals surface area (Å²) in [4.78, 5) is 21.0. The van der Waals surface area contributed by atoms with Crippen LogP contribution >= 0.6 is 0 Å². The highest BCUT2D eigenvalue weighted by atomic mass is 16.5. The number of nitrogens with zero attached hydrogens (tertiary/aromatic N) is 2. The van der Waals surface area contributed by atoms with Crippen molar-refractivity contribution in [3.63, 3.8) is 0 Å². The lowest BCUT2D eigenvalue weighted by Crippen LogP contribution is -2.07. The van der Waals surface area contributed by atoms with E-state index in [0.29, 0.717) is 12.2 Å². The van der Waals surface area contributed by atoms with Crippen LogP contribution in [0.4, 0.5) is 0 Å². The molecular formula is C25H36N2O2. The predicted molar refractivity (Wildman–Crippen MR) is 119 cm³/mol. The standard InChI is InChI=1S/C25H36N2O2/c1-3-5-7-9-11-13-22-19-27-24(20-26-22)21-15-17-23(18-16-21)29-25(28)14-12-10-8-6-4-2/h15-20H,3-14H2,1-2H3. The fourth-order valence-electron chi connectivity index (χ4n) is 3.29. The van der Waals surface area contributed by atoms with Gasteiger partial charge in [-0.15, -0.1) is 0 Å². The molecule has 158 valence electrons. The van der Waals surface area contributed by atoms with Crippen LogP contribution in [0.25, 0.3) is 11.3 Å². The number of benzene rings is 1. The molecule has 29 heavy (non-hydrogen) atoms. The Labute approximate surface area is 176 Å². The van der Waals surface area contributed by atoms with Crippen LogP contribution in [-0.4, -0.2) is 15.9 Å². The van der Waals surface area contributed by atoms with Crippen molar-refractivity contribution in [2.24, 2.45) is 0 Å². The Morgan fingerprint density at radius 2 is 1.45 bits per heavy atom. The fourth-order valence-corrected chi connectivity index (χ4v) is 3.29. The zero-order chi connectivity index (χ0) is 20.7. The van der Waals surface area contributed by atoms with Gasteiger partial charge in [-0.1, -0.05) is 65.2 Å². The van der Waals surface area contributed by atoms with Crippen LogP contribution in [0.5, 0.6) is 5.75 Å². The second kappa shape index (κ2) is 13.9. The second-order valence-corrected chi connectivity index (χ2v) is 7.72. The zero-order valence-electron chi connectivity index (χ0n) is 18.2. The SMILES string of the molecule is CCCCCCCC(=O)Oc1ccc(-c2cnc(CCCCCCC)cn2)cc1. The van der Waals surface area contributed by atoms with Crippen LogP contribution in [0, 0.1) is 0 Å². The van der Waals surface area contributed by atoms with Gasteiger partial charge in [0.05, 0.1) is 17.6 Å². The Bertz CT molecular complexity index is 696. The van der Waals surface area contributed by atoms with Gasteiger partial charge in [-0.25, -0.2) is 0 Å². The first-order chi connectivity index (χ1) is 14.2. The van der Waals surface area contributed by atoms with Gasteiger partial charge in [-0.3, -0.25) is 14.8 Å². The quantitative estimate of drug-likeness (QED) is 0.197. The predicted octanol–water partition coefficient (Wildman–Crippen LogP) is 6.92. The van der Waals surface area contributed by atoms with Gasteiger partial charge in [0.25, 0.3) is 0 Å². The van der Waals surface area contributed by atoms with Crippen molar-refractivity contribution in [1.29, 1.82) is 0 Å². The van der Waals surface area contributed by atoms with Crippen molar-refractivity contribution < 1.29 is 9.53 Å². The molecule has 0 aliphatic heterocycles. The number of hydrogen-bond acceptors (Lipinski definition) is 4. The summed E-state index contributed by atoms with van der Waals surface area (Å²) in [7, 11) is 0. The lowest BCUT2D eigenvalue weighted by molar-refractivity contribution is -0.134. The summed E-state index contributed by atoms with van der Waals surface area (Å²) in [6, 6.07) is 7.51. The van der Waals surface area contributed by atoms with Gasteiger partial charge in [-0.2, -0.15) is 0 Å². The van der Waals surface area contributed by atoms with Crippen LogP contribution in [0.3, 0.4) is 0 Å². The first-order valence-corrected chi connectivity index (χ1v) is 11.3. The molecule has 4 nitrogen and oxygen atoms in total. The number of hydrogen-bond donors (Lipinski definition) is 0. The number of rotatable bonds is 14. The Morgan fingerprint density at radius 3 is 2.07 bits per heavy atom. The maximum absolute atomic E-state index is 11.9. The molecule has 0 radical (unpaired) electrons. The summed E-state index contributed by atoms with van der Waals surface area (Å²) in [5, 5.41) is 0. The minimum atomic E-state index is -0.155. The van der Waals surface area contributed by atoms with Gasteiger partial charge in [-0.05, 0) is 43.5 Å².